The molecule has 0 saturated carbocycles. The maximum Gasteiger partial charge on any atom is 2.00 e. The average Bonchev–Trinajstić information content (AvgIpc) is 3.73. The minimum Gasteiger partial charge on any atom is -0.357 e. The van der Waals surface area contributed by atoms with E-state index in [4.69, 9.17) is 39.9 Å². The first-order valence-corrected chi connectivity index (χ1v) is 12.3. The van der Waals surface area contributed by atoms with Crippen LogP contribution < -0.4 is 9.97 Å². The first kappa shape index (κ1) is 23.4. The zero-order valence-corrected chi connectivity index (χ0v) is 21.5. The van der Waals surface area contributed by atoms with Crippen LogP contribution in [0.1, 0.15) is 0 Å². The van der Waals surface area contributed by atoms with Crippen molar-refractivity contribution in [1.29, 1.82) is 0 Å². The van der Waals surface area contributed by atoms with Crippen LogP contribution in [-0.2, 0) is 17.1 Å². The Bertz CT molecular complexity index is 2040. The molecule has 0 N–H and O–H groups in total. The average molecular weight is 580 g/mol. The molecule has 41 heavy (non-hydrogen) atoms. The number of benzene rings is 2. The second-order valence-electron chi connectivity index (χ2n) is 9.21. The van der Waals surface area contributed by atoms with Crippen molar-refractivity contribution in [1.82, 2.24) is 60.3 Å². The summed E-state index contributed by atoms with van der Waals surface area (Å²) in [7, 11) is 0. The Morgan fingerprint density at radius 1 is 0.366 bits per heavy atom. The summed E-state index contributed by atoms with van der Waals surface area (Å²) in [5.41, 5.74) is 4.88. The Kier molecular flexibility index (Phi) is 4.99. The Morgan fingerprint density at radius 2 is 0.732 bits per heavy atom. The predicted octanol–water partition coefficient (Wildman–Crippen LogP) is 3.70. The van der Waals surface area contributed by atoms with Crippen LogP contribution in [0, 0.1) is 0 Å². The Balaban J connectivity index is 0.00000256. The summed E-state index contributed by atoms with van der Waals surface area (Å²) in [5, 5.41) is 19.3. The van der Waals surface area contributed by atoms with Crippen LogP contribution in [0.25, 0.3) is 89.7 Å². The molecule has 13 heteroatoms. The van der Waals surface area contributed by atoms with Crippen LogP contribution in [0.3, 0.4) is 0 Å². The number of hydrogen-bond acceptors (Lipinski definition) is 10. The molecule has 0 amide bonds. The van der Waals surface area contributed by atoms with Crippen molar-refractivity contribution in [2.24, 2.45) is 0 Å². The van der Waals surface area contributed by atoms with Gasteiger partial charge in [0.2, 0.25) is 0 Å². The molecule has 12 nitrogen and oxygen atoms in total. The minimum atomic E-state index is 0. The number of aromatic nitrogens is 12. The van der Waals surface area contributed by atoms with Gasteiger partial charge in [0.1, 0.15) is 0 Å². The van der Waals surface area contributed by atoms with Crippen molar-refractivity contribution in [3.63, 3.8) is 0 Å². The normalized spacial score (nSPS) is 11.7. The monoisotopic (exact) mass is 579 g/mol. The molecule has 2 aliphatic rings. The first-order valence-electron chi connectivity index (χ1n) is 12.3. The van der Waals surface area contributed by atoms with Crippen molar-refractivity contribution in [3.05, 3.63) is 73.3 Å². The van der Waals surface area contributed by atoms with Crippen LogP contribution in [0.2, 0.25) is 0 Å². The third-order valence-corrected chi connectivity index (χ3v) is 6.94. The number of rotatable bonds is 0. The van der Waals surface area contributed by atoms with Crippen LogP contribution in [0.15, 0.2) is 73.3 Å². The summed E-state index contributed by atoms with van der Waals surface area (Å²) in [4.78, 5) is 38.6. The molecule has 7 aromatic rings. The molecule has 0 aliphatic carbocycles. The van der Waals surface area contributed by atoms with Gasteiger partial charge in [-0.15, -0.1) is 0 Å². The van der Waals surface area contributed by atoms with E-state index in [1.807, 2.05) is 48.5 Å². The molecular formula is C28H12CuN12. The number of fused-ring (bicyclic) bond motifs is 20. The van der Waals surface area contributed by atoms with Crippen molar-refractivity contribution in [2.75, 3.05) is 0 Å². The summed E-state index contributed by atoms with van der Waals surface area (Å²) in [6.07, 6.45) is 6.47. The second kappa shape index (κ2) is 8.74. The fraction of sp³-hybridized carbons (Fsp3) is 0. The van der Waals surface area contributed by atoms with Gasteiger partial charge < -0.3 is 29.9 Å². The van der Waals surface area contributed by atoms with Gasteiger partial charge in [-0.1, -0.05) is 48.5 Å². The summed E-state index contributed by atoms with van der Waals surface area (Å²) >= 11 is 0. The summed E-state index contributed by atoms with van der Waals surface area (Å²) in [6.45, 7) is 0. The molecule has 9 rings (SSSR count). The number of nitrogens with zero attached hydrogens (tertiary/aromatic N) is 12. The van der Waals surface area contributed by atoms with Crippen LogP contribution >= 0.6 is 0 Å². The van der Waals surface area contributed by atoms with Gasteiger partial charge in [-0.2, -0.15) is 20.4 Å². The molecule has 7 heterocycles. The van der Waals surface area contributed by atoms with Crippen molar-refractivity contribution >= 4 is 44.1 Å². The maximum atomic E-state index is 4.90. The standard InChI is InChI=1S/C28H12N12.Cu/c1-3-7-15-13(5-1)21-33-22-14-6-2-4-8-16(14)24(35-22)37-26-18-10-30-32-12-20(18)28(39-26)40-27-19-11-31-29-9-17(19)25(38-27)36-23(15)34-21;/h1-12H;/q-2;+2. The molecule has 0 spiro atoms. The van der Waals surface area contributed by atoms with E-state index in [-0.39, 0.29) is 17.1 Å². The molecular weight excluding hydrogens is 568 g/mol. The fourth-order valence-electron chi connectivity index (χ4n) is 5.07. The molecule has 8 bridgehead atoms. The molecule has 195 valence electrons. The zero-order valence-electron chi connectivity index (χ0n) is 20.6. The molecule has 2 aromatic carbocycles. The van der Waals surface area contributed by atoms with Gasteiger partial charge in [-0.3, -0.25) is 0 Å². The molecule has 5 aromatic heterocycles. The topological polar surface area (TPSA) is 157 Å². The maximum absolute atomic E-state index is 4.90. The van der Waals surface area contributed by atoms with Gasteiger partial charge in [-0.05, 0) is 10.8 Å². The van der Waals surface area contributed by atoms with Gasteiger partial charge in [0.15, 0.2) is 0 Å². The second-order valence-corrected chi connectivity index (χ2v) is 9.21. The predicted molar refractivity (Wildman–Crippen MR) is 145 cm³/mol. The van der Waals surface area contributed by atoms with E-state index in [1.165, 1.54) is 0 Å². The fourth-order valence-corrected chi connectivity index (χ4v) is 5.07. The molecule has 0 unspecified atom stereocenters. The van der Waals surface area contributed by atoms with Gasteiger partial charge in [0, 0.05) is 55.6 Å². The summed E-state index contributed by atoms with van der Waals surface area (Å²) in [6, 6.07) is 15.6. The van der Waals surface area contributed by atoms with Gasteiger partial charge in [0.05, 0.1) is 48.1 Å². The Labute approximate surface area is 239 Å². The Hall–Kier alpha value is -5.52. The molecule has 0 atom stereocenters. The van der Waals surface area contributed by atoms with E-state index in [9.17, 15) is 0 Å². The van der Waals surface area contributed by atoms with E-state index >= 15 is 0 Å². The van der Waals surface area contributed by atoms with Crippen molar-refractivity contribution in [2.45, 2.75) is 0 Å². The van der Waals surface area contributed by atoms with Crippen molar-refractivity contribution < 1.29 is 17.1 Å². The van der Waals surface area contributed by atoms with Crippen molar-refractivity contribution in [3.8, 4) is 45.6 Å². The van der Waals surface area contributed by atoms with Crippen LogP contribution in [0.4, 0.5) is 0 Å². The molecule has 2 aliphatic heterocycles. The zero-order chi connectivity index (χ0) is 26.2. The molecule has 0 fully saturated rings. The van der Waals surface area contributed by atoms with E-state index in [2.05, 4.69) is 20.4 Å². The third kappa shape index (κ3) is 3.46. The smallest absolute Gasteiger partial charge is 0.357 e. The Morgan fingerprint density at radius 3 is 1.20 bits per heavy atom. The van der Waals surface area contributed by atoms with Crippen LogP contribution in [-0.4, -0.2) is 50.3 Å². The largest absolute Gasteiger partial charge is 2.00 e. The minimum absolute atomic E-state index is 0. The van der Waals surface area contributed by atoms with Gasteiger partial charge in [-0.25, -0.2) is 9.97 Å². The quantitative estimate of drug-likeness (QED) is 0.240. The first-order chi connectivity index (χ1) is 19.8. The van der Waals surface area contributed by atoms with E-state index in [0.717, 1.165) is 21.9 Å². The third-order valence-electron chi connectivity index (χ3n) is 6.94. The summed E-state index contributed by atoms with van der Waals surface area (Å²) in [5.74, 6) is 1.81. The number of hydrogen-bond donors (Lipinski definition) is 0. The van der Waals surface area contributed by atoms with Crippen LogP contribution in [0.5, 0.6) is 0 Å². The van der Waals surface area contributed by atoms with Gasteiger partial charge in [0.25, 0.3) is 0 Å². The summed E-state index contributed by atoms with van der Waals surface area (Å²) < 4.78 is 0. The van der Waals surface area contributed by atoms with Gasteiger partial charge >= 0.3 is 17.1 Å². The van der Waals surface area contributed by atoms with E-state index < -0.39 is 0 Å². The van der Waals surface area contributed by atoms with E-state index in [1.54, 1.807) is 24.8 Å². The van der Waals surface area contributed by atoms with E-state index in [0.29, 0.717) is 67.8 Å². The SMILES string of the molecule is [Cu+2].c1ccc2c(c1)-c1nc-2nc2[n-]c(nc3nc(nc4[n-]c(n1)c1ccccc41)-c1cnncc1-3)c1cnncc21. The molecule has 0 saturated heterocycles. The molecule has 1 radical (unpaired) electrons.